The summed E-state index contributed by atoms with van der Waals surface area (Å²) in [6.07, 6.45) is -0.0837. The molecule has 2 aliphatic rings. The van der Waals surface area contributed by atoms with E-state index in [1.807, 2.05) is 6.92 Å². The molecule has 0 unspecified atom stereocenters. The molecule has 1 aromatic carbocycles. The molecular weight excluding hydrogens is 368 g/mol. The van der Waals surface area contributed by atoms with E-state index < -0.39 is 36.4 Å². The molecule has 2 saturated heterocycles. The van der Waals surface area contributed by atoms with Crippen molar-refractivity contribution in [3.05, 3.63) is 29.8 Å². The van der Waals surface area contributed by atoms with Gasteiger partial charge >= 0.3 is 17.9 Å². The second-order valence-corrected chi connectivity index (χ2v) is 6.76. The molecule has 0 saturated carbocycles. The molecule has 0 bridgehead atoms. The fourth-order valence-electron chi connectivity index (χ4n) is 3.26. The molecule has 152 valence electrons. The fraction of sp³-hybridized carbons (Fsp3) is 0.550. The minimum absolute atomic E-state index is 0.130. The smallest absolute Gasteiger partial charge is 0.342 e. The van der Waals surface area contributed by atoms with Crippen LogP contribution in [-0.4, -0.2) is 55.5 Å². The van der Waals surface area contributed by atoms with E-state index in [-0.39, 0.29) is 30.5 Å². The van der Waals surface area contributed by atoms with E-state index in [0.29, 0.717) is 6.42 Å². The molecule has 4 atom stereocenters. The van der Waals surface area contributed by atoms with Gasteiger partial charge in [0.05, 0.1) is 13.2 Å². The first kappa shape index (κ1) is 20.3. The van der Waals surface area contributed by atoms with Crippen molar-refractivity contribution < 1.29 is 38.1 Å². The Morgan fingerprint density at radius 1 is 1.04 bits per heavy atom. The lowest BCUT2D eigenvalue weighted by molar-refractivity contribution is -0.153. The Morgan fingerprint density at radius 3 is 2.32 bits per heavy atom. The summed E-state index contributed by atoms with van der Waals surface area (Å²) in [5.41, 5.74) is 0.140. The van der Waals surface area contributed by atoms with Gasteiger partial charge in [0.2, 0.25) is 0 Å². The minimum atomic E-state index is -0.641. The number of hydrogen-bond donors (Lipinski definition) is 0. The number of esters is 3. The summed E-state index contributed by atoms with van der Waals surface area (Å²) in [5, 5.41) is 0. The second kappa shape index (κ2) is 9.16. The largest absolute Gasteiger partial charge is 0.457 e. The normalized spacial score (nSPS) is 25.8. The zero-order valence-corrected chi connectivity index (χ0v) is 15.9. The number of fused-ring (bicyclic) bond motifs is 1. The monoisotopic (exact) mass is 392 g/mol. The average Bonchev–Trinajstić information content (AvgIpc) is 3.23. The van der Waals surface area contributed by atoms with Crippen LogP contribution in [0.2, 0.25) is 0 Å². The molecular formula is C20H24O8. The van der Waals surface area contributed by atoms with Gasteiger partial charge < -0.3 is 23.7 Å². The van der Waals surface area contributed by atoms with Crippen LogP contribution in [0.4, 0.5) is 0 Å². The van der Waals surface area contributed by atoms with Crippen molar-refractivity contribution in [3.8, 4) is 5.75 Å². The van der Waals surface area contributed by atoms with E-state index in [2.05, 4.69) is 0 Å². The molecule has 3 rings (SSSR count). The Morgan fingerprint density at radius 2 is 1.68 bits per heavy atom. The van der Waals surface area contributed by atoms with Gasteiger partial charge in [-0.15, -0.1) is 0 Å². The van der Waals surface area contributed by atoms with Gasteiger partial charge in [-0.3, -0.25) is 9.59 Å². The van der Waals surface area contributed by atoms with Crippen molar-refractivity contribution in [2.75, 3.05) is 13.2 Å². The number of unbranched alkanes of at least 4 members (excludes halogenated alkanes) is 1. The van der Waals surface area contributed by atoms with Gasteiger partial charge in [0.1, 0.15) is 23.5 Å². The van der Waals surface area contributed by atoms with Crippen LogP contribution in [0, 0.1) is 0 Å². The van der Waals surface area contributed by atoms with Crippen LogP contribution in [0.5, 0.6) is 5.75 Å². The van der Waals surface area contributed by atoms with Gasteiger partial charge in [-0.25, -0.2) is 4.79 Å². The quantitative estimate of drug-likeness (QED) is 0.514. The third kappa shape index (κ3) is 4.69. The molecule has 2 fully saturated rings. The van der Waals surface area contributed by atoms with E-state index in [1.54, 1.807) is 12.1 Å². The molecule has 0 aromatic heterocycles. The highest BCUT2D eigenvalue weighted by Crippen LogP contribution is 2.32. The summed E-state index contributed by atoms with van der Waals surface area (Å²) < 4.78 is 27.4. The topological polar surface area (TPSA) is 97.4 Å². The van der Waals surface area contributed by atoms with Crippen molar-refractivity contribution in [2.24, 2.45) is 0 Å². The number of para-hydroxylation sites is 1. The van der Waals surface area contributed by atoms with Crippen molar-refractivity contribution in [1.82, 2.24) is 0 Å². The minimum Gasteiger partial charge on any atom is -0.457 e. The number of benzene rings is 1. The molecule has 0 radical (unpaired) electrons. The molecule has 8 nitrogen and oxygen atoms in total. The summed E-state index contributed by atoms with van der Waals surface area (Å²) >= 11 is 0. The molecule has 0 spiro atoms. The first-order valence-corrected chi connectivity index (χ1v) is 9.40. The number of rotatable bonds is 7. The molecule has 8 heteroatoms. The second-order valence-electron chi connectivity index (χ2n) is 6.76. The Kier molecular flexibility index (Phi) is 6.64. The van der Waals surface area contributed by atoms with Gasteiger partial charge in [-0.2, -0.15) is 0 Å². The summed E-state index contributed by atoms with van der Waals surface area (Å²) in [6, 6.07) is 6.34. The van der Waals surface area contributed by atoms with Gasteiger partial charge in [-0.1, -0.05) is 25.5 Å². The lowest BCUT2D eigenvalue weighted by atomic mass is 10.1. The van der Waals surface area contributed by atoms with Crippen molar-refractivity contribution in [3.63, 3.8) is 0 Å². The van der Waals surface area contributed by atoms with E-state index in [1.165, 1.54) is 19.1 Å². The molecule has 28 heavy (non-hydrogen) atoms. The highest BCUT2D eigenvalue weighted by atomic mass is 16.7. The Bertz CT molecular complexity index is 731. The number of hydrogen-bond acceptors (Lipinski definition) is 8. The maximum Gasteiger partial charge on any atom is 0.342 e. The van der Waals surface area contributed by atoms with Gasteiger partial charge in [-0.05, 0) is 18.6 Å². The maximum atomic E-state index is 12.6. The lowest BCUT2D eigenvalue weighted by Crippen LogP contribution is -2.36. The average molecular weight is 392 g/mol. The zero-order chi connectivity index (χ0) is 20.1. The van der Waals surface area contributed by atoms with Crippen LogP contribution >= 0.6 is 0 Å². The first-order valence-electron chi connectivity index (χ1n) is 9.40. The third-order valence-corrected chi connectivity index (χ3v) is 4.60. The molecule has 1 aromatic rings. The highest BCUT2D eigenvalue weighted by molar-refractivity contribution is 5.93. The van der Waals surface area contributed by atoms with Gasteiger partial charge in [0.25, 0.3) is 0 Å². The van der Waals surface area contributed by atoms with Gasteiger partial charge in [0, 0.05) is 13.3 Å². The Balaban J connectivity index is 1.59. The van der Waals surface area contributed by atoms with Crippen molar-refractivity contribution in [2.45, 2.75) is 57.5 Å². The van der Waals surface area contributed by atoms with E-state index in [0.717, 1.165) is 12.8 Å². The van der Waals surface area contributed by atoms with Gasteiger partial charge in [0.15, 0.2) is 12.2 Å². The maximum absolute atomic E-state index is 12.6. The molecule has 2 heterocycles. The van der Waals surface area contributed by atoms with E-state index in [4.69, 9.17) is 23.7 Å². The lowest BCUT2D eigenvalue weighted by Gasteiger charge is -2.18. The van der Waals surface area contributed by atoms with Crippen LogP contribution in [0.25, 0.3) is 0 Å². The molecule has 0 aliphatic carbocycles. The van der Waals surface area contributed by atoms with Crippen LogP contribution in [0.3, 0.4) is 0 Å². The Labute approximate surface area is 163 Å². The fourth-order valence-corrected chi connectivity index (χ4v) is 3.26. The number of ether oxygens (including phenoxy) is 5. The molecule has 0 amide bonds. The number of carbonyl (C=O) groups is 3. The molecule has 0 N–H and O–H groups in total. The highest BCUT2D eigenvalue weighted by Gasteiger charge is 2.51. The summed E-state index contributed by atoms with van der Waals surface area (Å²) in [4.78, 5) is 35.6. The van der Waals surface area contributed by atoms with Crippen LogP contribution < -0.4 is 4.74 Å². The van der Waals surface area contributed by atoms with E-state index in [9.17, 15) is 14.4 Å². The van der Waals surface area contributed by atoms with Crippen LogP contribution in [0.1, 0.15) is 43.5 Å². The molecule has 2 aliphatic heterocycles. The number of carbonyl (C=O) groups excluding carboxylic acids is 3. The first-order chi connectivity index (χ1) is 13.5. The zero-order valence-electron chi connectivity index (χ0n) is 15.9. The van der Waals surface area contributed by atoms with Crippen LogP contribution in [-0.2, 0) is 28.5 Å². The SMILES string of the molecule is CCCCC(=O)O[C@@H]1CO[C@H]2[C@@H]1OC[C@@H]2OC(=O)c1ccccc1OC(C)=O. The summed E-state index contributed by atoms with van der Waals surface area (Å²) in [7, 11) is 0. The summed E-state index contributed by atoms with van der Waals surface area (Å²) in [6.45, 7) is 3.59. The van der Waals surface area contributed by atoms with Crippen molar-refractivity contribution in [1.29, 1.82) is 0 Å². The van der Waals surface area contributed by atoms with Crippen LogP contribution in [0.15, 0.2) is 24.3 Å². The predicted octanol–water partition coefficient (Wildman–Crippen LogP) is 2.04. The Hall–Kier alpha value is -2.45. The standard InChI is InChI=1S/C20H24O8/c1-3-4-9-17(22)27-15-10-24-19-16(11-25-18(15)19)28-20(23)13-7-5-6-8-14(13)26-12(2)21/h5-8,15-16,18-19H,3-4,9-11H2,1-2H3/t15-,16+,18-,19-/m1/s1. The predicted molar refractivity (Wildman–Crippen MR) is 95.8 cm³/mol. The third-order valence-electron chi connectivity index (χ3n) is 4.60. The van der Waals surface area contributed by atoms with Crippen molar-refractivity contribution >= 4 is 17.9 Å². The van der Waals surface area contributed by atoms with E-state index >= 15 is 0 Å². The summed E-state index contributed by atoms with van der Waals surface area (Å²) in [5.74, 6) is -1.32.